The Morgan fingerprint density at radius 2 is 1.94 bits per heavy atom. The summed E-state index contributed by atoms with van der Waals surface area (Å²) in [6, 6.07) is 11.1. The summed E-state index contributed by atoms with van der Waals surface area (Å²) in [5.41, 5.74) is 0.592. The Morgan fingerprint density at radius 1 is 1.16 bits per heavy atom. The van der Waals surface area contributed by atoms with Crippen molar-refractivity contribution in [2.45, 2.75) is 13.0 Å². The molecule has 1 aliphatic rings. The molecule has 1 aromatic carbocycles. The summed E-state index contributed by atoms with van der Waals surface area (Å²) < 4.78 is 7.57. The Labute approximate surface area is 189 Å². The fourth-order valence-electron chi connectivity index (χ4n) is 3.58. The topological polar surface area (TPSA) is 83.5 Å². The maximum Gasteiger partial charge on any atom is 0.254 e. The molecular formula is C21H23N5O3S2. The van der Waals surface area contributed by atoms with Crippen molar-refractivity contribution in [2.24, 2.45) is 0 Å². The average molecular weight is 458 g/mol. The van der Waals surface area contributed by atoms with E-state index in [0.717, 1.165) is 10.7 Å². The van der Waals surface area contributed by atoms with Gasteiger partial charge < -0.3 is 14.5 Å². The van der Waals surface area contributed by atoms with E-state index in [1.54, 1.807) is 41.5 Å². The van der Waals surface area contributed by atoms with Crippen molar-refractivity contribution >= 4 is 35.4 Å². The van der Waals surface area contributed by atoms with Gasteiger partial charge in [0.05, 0.1) is 12.0 Å². The molecule has 0 saturated carbocycles. The van der Waals surface area contributed by atoms with E-state index in [1.807, 2.05) is 33.0 Å². The largest absolute Gasteiger partial charge is 0.497 e. The molecule has 2 aromatic heterocycles. The van der Waals surface area contributed by atoms with E-state index in [1.165, 1.54) is 0 Å². The number of aromatic nitrogens is 3. The number of hydrogen-bond acceptors (Lipinski definition) is 6. The summed E-state index contributed by atoms with van der Waals surface area (Å²) in [6.45, 7) is 2.51. The van der Waals surface area contributed by atoms with Gasteiger partial charge >= 0.3 is 0 Å². The van der Waals surface area contributed by atoms with Crippen molar-refractivity contribution in [1.29, 1.82) is 0 Å². The van der Waals surface area contributed by atoms with Crippen LogP contribution in [0.15, 0.2) is 41.8 Å². The molecule has 3 aromatic rings. The lowest BCUT2D eigenvalue weighted by Crippen LogP contribution is -2.50. The normalized spacial score (nSPS) is 14.0. The lowest BCUT2D eigenvalue weighted by molar-refractivity contribution is -0.132. The summed E-state index contributed by atoms with van der Waals surface area (Å²) in [4.78, 5) is 30.1. The number of thiophene rings is 1. The number of carbonyl (C=O) groups excluding carboxylic acids is 2. The Bertz CT molecular complexity index is 1110. The first-order valence-electron chi connectivity index (χ1n) is 9.97. The second kappa shape index (κ2) is 9.44. The number of carbonyl (C=O) groups is 2. The van der Waals surface area contributed by atoms with Crippen LogP contribution in [-0.2, 0) is 11.3 Å². The van der Waals surface area contributed by atoms with Gasteiger partial charge in [0.25, 0.3) is 5.91 Å². The smallest absolute Gasteiger partial charge is 0.254 e. The van der Waals surface area contributed by atoms with Gasteiger partial charge in [-0.15, -0.1) is 11.3 Å². The Morgan fingerprint density at radius 3 is 2.65 bits per heavy atom. The van der Waals surface area contributed by atoms with Crippen LogP contribution in [0, 0.1) is 4.77 Å². The van der Waals surface area contributed by atoms with Gasteiger partial charge in [-0.1, -0.05) is 12.1 Å². The number of hydrogen-bond donors (Lipinski definition) is 1. The molecule has 3 heterocycles. The van der Waals surface area contributed by atoms with Crippen molar-refractivity contribution in [3.8, 4) is 16.5 Å². The number of benzene rings is 1. The van der Waals surface area contributed by atoms with Crippen LogP contribution in [0.4, 0.5) is 0 Å². The van der Waals surface area contributed by atoms with Crippen LogP contribution >= 0.6 is 23.6 Å². The Balaban J connectivity index is 1.33. The zero-order chi connectivity index (χ0) is 21.8. The molecule has 0 aliphatic carbocycles. The molecule has 162 valence electrons. The summed E-state index contributed by atoms with van der Waals surface area (Å²) in [5.74, 6) is 1.41. The number of nitrogens with one attached hydrogen (secondary N) is 1. The van der Waals surface area contributed by atoms with Crippen molar-refractivity contribution in [3.63, 3.8) is 0 Å². The maximum absolute atomic E-state index is 12.8. The van der Waals surface area contributed by atoms with Crippen LogP contribution in [0.25, 0.3) is 10.7 Å². The maximum atomic E-state index is 12.8. The highest BCUT2D eigenvalue weighted by atomic mass is 32.1. The van der Waals surface area contributed by atoms with Gasteiger partial charge in [-0.25, -0.2) is 0 Å². The van der Waals surface area contributed by atoms with Crippen molar-refractivity contribution in [3.05, 3.63) is 52.1 Å². The molecule has 1 N–H and O–H groups in total. The summed E-state index contributed by atoms with van der Waals surface area (Å²) >= 11 is 6.91. The highest BCUT2D eigenvalue weighted by Crippen LogP contribution is 2.23. The molecule has 10 heteroatoms. The third kappa shape index (κ3) is 4.70. The zero-order valence-corrected chi connectivity index (χ0v) is 18.7. The third-order valence-electron chi connectivity index (χ3n) is 5.29. The lowest BCUT2D eigenvalue weighted by atomic mass is 10.1. The van der Waals surface area contributed by atoms with Crippen LogP contribution in [0.5, 0.6) is 5.75 Å². The monoisotopic (exact) mass is 457 g/mol. The molecule has 2 amide bonds. The molecule has 8 nitrogen and oxygen atoms in total. The van der Waals surface area contributed by atoms with Gasteiger partial charge in [-0.05, 0) is 41.9 Å². The fourth-order valence-corrected chi connectivity index (χ4v) is 4.53. The predicted octanol–water partition coefficient (Wildman–Crippen LogP) is 3.05. The van der Waals surface area contributed by atoms with Crippen LogP contribution in [-0.4, -0.2) is 69.7 Å². The van der Waals surface area contributed by atoms with E-state index in [0.29, 0.717) is 55.2 Å². The molecule has 0 bridgehead atoms. The van der Waals surface area contributed by atoms with Gasteiger partial charge in [0.2, 0.25) is 5.91 Å². The highest BCUT2D eigenvalue weighted by Gasteiger charge is 2.25. The zero-order valence-electron chi connectivity index (χ0n) is 17.1. The molecule has 4 rings (SSSR count). The van der Waals surface area contributed by atoms with Gasteiger partial charge in [0.15, 0.2) is 10.6 Å². The Hall–Kier alpha value is -2.98. The van der Waals surface area contributed by atoms with Crippen LogP contribution < -0.4 is 4.74 Å². The van der Waals surface area contributed by atoms with E-state index in [2.05, 4.69) is 10.2 Å². The Kier molecular flexibility index (Phi) is 6.47. The minimum Gasteiger partial charge on any atom is -0.497 e. The molecule has 0 spiro atoms. The SMILES string of the molecule is COc1cccc(C(=O)N2CCN(C(=O)CCn3c(-c4cccs4)n[nH]c3=S)CC2)c1. The lowest BCUT2D eigenvalue weighted by Gasteiger charge is -2.35. The molecule has 0 radical (unpaired) electrons. The number of rotatable bonds is 6. The van der Waals surface area contributed by atoms with E-state index < -0.39 is 0 Å². The average Bonchev–Trinajstić information content (AvgIpc) is 3.47. The quantitative estimate of drug-likeness (QED) is 0.575. The van der Waals surface area contributed by atoms with Crippen LogP contribution in [0.1, 0.15) is 16.8 Å². The number of methoxy groups -OCH3 is 1. The molecular weight excluding hydrogens is 434 g/mol. The van der Waals surface area contributed by atoms with Gasteiger partial charge in [0, 0.05) is 44.7 Å². The number of piperazine rings is 1. The first-order valence-corrected chi connectivity index (χ1v) is 11.3. The highest BCUT2D eigenvalue weighted by molar-refractivity contribution is 7.71. The minimum atomic E-state index is -0.0451. The van der Waals surface area contributed by atoms with Gasteiger partial charge in [0.1, 0.15) is 5.75 Å². The van der Waals surface area contributed by atoms with E-state index in [9.17, 15) is 9.59 Å². The molecule has 1 aliphatic heterocycles. The molecule has 31 heavy (non-hydrogen) atoms. The second-order valence-electron chi connectivity index (χ2n) is 7.14. The molecule has 1 saturated heterocycles. The van der Waals surface area contributed by atoms with E-state index in [-0.39, 0.29) is 11.8 Å². The molecule has 0 unspecified atom stereocenters. The van der Waals surface area contributed by atoms with Gasteiger partial charge in [-0.3, -0.25) is 19.3 Å². The number of H-pyrrole nitrogens is 1. The number of nitrogens with zero attached hydrogens (tertiary/aromatic N) is 4. The first-order chi connectivity index (χ1) is 15.1. The first kappa shape index (κ1) is 21.3. The standard InChI is InChI=1S/C21H23N5O3S2/c1-29-16-5-2-4-15(14-16)20(28)25-11-9-24(10-12-25)18(27)7-8-26-19(22-23-21(26)30)17-6-3-13-31-17/h2-6,13-14H,7-12H2,1H3,(H,23,30). The molecule has 1 fully saturated rings. The number of ether oxygens (including phenoxy) is 1. The fraction of sp³-hybridized carbons (Fsp3) is 0.333. The summed E-state index contributed by atoms with van der Waals surface area (Å²) in [7, 11) is 1.58. The third-order valence-corrected chi connectivity index (χ3v) is 6.46. The number of aromatic amines is 1. The number of amides is 2. The molecule has 0 atom stereocenters. The second-order valence-corrected chi connectivity index (χ2v) is 8.47. The van der Waals surface area contributed by atoms with Crippen molar-refractivity contribution in [1.82, 2.24) is 24.6 Å². The summed E-state index contributed by atoms with van der Waals surface area (Å²) in [5, 5.41) is 9.09. The predicted molar refractivity (Wildman–Crippen MR) is 121 cm³/mol. The summed E-state index contributed by atoms with van der Waals surface area (Å²) in [6.07, 6.45) is 0.329. The van der Waals surface area contributed by atoms with Crippen molar-refractivity contribution < 1.29 is 14.3 Å². The minimum absolute atomic E-state index is 0.0451. The van der Waals surface area contributed by atoms with E-state index >= 15 is 0 Å². The van der Waals surface area contributed by atoms with Crippen LogP contribution in [0.3, 0.4) is 0 Å². The van der Waals surface area contributed by atoms with Gasteiger partial charge in [-0.2, -0.15) is 5.10 Å². The van der Waals surface area contributed by atoms with E-state index in [4.69, 9.17) is 17.0 Å². The van der Waals surface area contributed by atoms with Crippen molar-refractivity contribution in [2.75, 3.05) is 33.3 Å². The van der Waals surface area contributed by atoms with Crippen LogP contribution in [0.2, 0.25) is 0 Å².